The van der Waals surface area contributed by atoms with Crippen LogP contribution in [0.25, 0.3) is 0 Å². The van der Waals surface area contributed by atoms with Gasteiger partial charge < -0.3 is 9.64 Å². The number of non-ortho nitro benzene ring substituents is 1. The maximum atomic E-state index is 12.7. The highest BCUT2D eigenvalue weighted by molar-refractivity contribution is 6.32. The van der Waals surface area contributed by atoms with Gasteiger partial charge in [-0.2, -0.15) is 5.10 Å². The lowest BCUT2D eigenvalue weighted by atomic mass is 10.1. The smallest absolute Gasteiger partial charge is 0.271 e. The van der Waals surface area contributed by atoms with Crippen molar-refractivity contribution in [2.45, 2.75) is 20.1 Å². The minimum Gasteiger partial charge on any atom is -0.487 e. The van der Waals surface area contributed by atoms with E-state index >= 15 is 0 Å². The third kappa shape index (κ3) is 4.77. The van der Waals surface area contributed by atoms with Gasteiger partial charge in [0.05, 0.1) is 16.1 Å². The summed E-state index contributed by atoms with van der Waals surface area (Å²) in [5.41, 5.74) is 3.33. The fraction of sp³-hybridized carbons (Fsp3) is 0.238. The molecular formula is C21H21ClN4O4. The molecule has 0 fully saturated rings. The van der Waals surface area contributed by atoms with Crippen molar-refractivity contribution in [3.63, 3.8) is 0 Å². The van der Waals surface area contributed by atoms with Crippen LogP contribution in [0.3, 0.4) is 0 Å². The lowest BCUT2D eigenvalue weighted by Crippen LogP contribution is -2.26. The van der Waals surface area contributed by atoms with E-state index in [0.717, 1.165) is 16.8 Å². The highest BCUT2D eigenvalue weighted by Crippen LogP contribution is 2.29. The Labute approximate surface area is 178 Å². The molecule has 0 aliphatic carbocycles. The summed E-state index contributed by atoms with van der Waals surface area (Å²) in [6.45, 7) is 2.66. The number of benzene rings is 2. The largest absolute Gasteiger partial charge is 0.487 e. The van der Waals surface area contributed by atoms with E-state index in [1.165, 1.54) is 18.2 Å². The van der Waals surface area contributed by atoms with E-state index in [1.807, 2.05) is 14.0 Å². The third-order valence-electron chi connectivity index (χ3n) is 4.81. The lowest BCUT2D eigenvalue weighted by Gasteiger charge is -2.17. The summed E-state index contributed by atoms with van der Waals surface area (Å²) in [5.74, 6) is 0.262. The van der Waals surface area contributed by atoms with Gasteiger partial charge in [-0.1, -0.05) is 23.7 Å². The first kappa shape index (κ1) is 21.3. The second-order valence-electron chi connectivity index (χ2n) is 6.90. The molecule has 0 N–H and O–H groups in total. The number of hydrogen-bond donors (Lipinski definition) is 0. The Morgan fingerprint density at radius 3 is 2.53 bits per heavy atom. The second-order valence-corrected chi connectivity index (χ2v) is 7.30. The Balaban J connectivity index is 1.61. The van der Waals surface area contributed by atoms with Crippen LogP contribution in [-0.2, 0) is 20.2 Å². The van der Waals surface area contributed by atoms with Gasteiger partial charge in [-0.05, 0) is 30.7 Å². The predicted octanol–water partition coefficient (Wildman–Crippen LogP) is 4.14. The van der Waals surface area contributed by atoms with Gasteiger partial charge in [-0.25, -0.2) is 0 Å². The molecule has 1 aromatic heterocycles. The van der Waals surface area contributed by atoms with Gasteiger partial charge in [0, 0.05) is 49.6 Å². The summed E-state index contributed by atoms with van der Waals surface area (Å²) in [6.07, 6.45) is 1.77. The number of hydrogen-bond acceptors (Lipinski definition) is 5. The van der Waals surface area contributed by atoms with Crippen LogP contribution in [0.4, 0.5) is 5.69 Å². The van der Waals surface area contributed by atoms with Crippen molar-refractivity contribution in [3.05, 3.63) is 86.2 Å². The molecule has 0 unspecified atom stereocenters. The number of ether oxygens (including phenoxy) is 1. The maximum Gasteiger partial charge on any atom is 0.271 e. The van der Waals surface area contributed by atoms with Crippen LogP contribution < -0.4 is 4.74 Å². The van der Waals surface area contributed by atoms with Crippen LogP contribution in [0.1, 0.15) is 27.2 Å². The fourth-order valence-corrected chi connectivity index (χ4v) is 3.10. The number of rotatable bonds is 7. The number of nitrogens with zero attached hydrogens (tertiary/aromatic N) is 4. The van der Waals surface area contributed by atoms with E-state index in [-0.39, 0.29) is 23.2 Å². The molecule has 1 amide bonds. The minimum absolute atomic E-state index is 0.0934. The number of amides is 1. The summed E-state index contributed by atoms with van der Waals surface area (Å²) in [7, 11) is 3.62. The van der Waals surface area contributed by atoms with E-state index in [2.05, 4.69) is 5.10 Å². The Morgan fingerprint density at radius 2 is 1.97 bits per heavy atom. The molecule has 0 aliphatic rings. The van der Waals surface area contributed by atoms with Crippen molar-refractivity contribution in [1.29, 1.82) is 0 Å². The Bertz CT molecular complexity index is 1080. The predicted molar refractivity (Wildman–Crippen MR) is 113 cm³/mol. The highest BCUT2D eigenvalue weighted by Gasteiger charge is 2.15. The van der Waals surface area contributed by atoms with Gasteiger partial charge >= 0.3 is 0 Å². The van der Waals surface area contributed by atoms with Crippen molar-refractivity contribution in [3.8, 4) is 5.75 Å². The lowest BCUT2D eigenvalue weighted by molar-refractivity contribution is -0.384. The maximum absolute atomic E-state index is 12.7. The molecular weight excluding hydrogens is 408 g/mol. The van der Waals surface area contributed by atoms with Gasteiger partial charge in [-0.3, -0.25) is 19.6 Å². The quantitative estimate of drug-likeness (QED) is 0.416. The summed E-state index contributed by atoms with van der Waals surface area (Å²) < 4.78 is 7.42. The monoisotopic (exact) mass is 428 g/mol. The van der Waals surface area contributed by atoms with Crippen LogP contribution in [-0.4, -0.2) is 32.6 Å². The number of aromatic nitrogens is 2. The molecule has 0 spiro atoms. The first-order valence-electron chi connectivity index (χ1n) is 9.15. The van der Waals surface area contributed by atoms with Crippen LogP contribution >= 0.6 is 11.6 Å². The molecule has 8 nitrogen and oxygen atoms in total. The van der Waals surface area contributed by atoms with Gasteiger partial charge in [0.1, 0.15) is 12.4 Å². The normalized spacial score (nSPS) is 10.7. The number of carbonyl (C=O) groups is 1. The van der Waals surface area contributed by atoms with Gasteiger partial charge in [-0.15, -0.1) is 0 Å². The fourth-order valence-electron chi connectivity index (χ4n) is 2.87. The van der Waals surface area contributed by atoms with Crippen molar-refractivity contribution in [2.75, 3.05) is 7.05 Å². The van der Waals surface area contributed by atoms with Gasteiger partial charge in [0.15, 0.2) is 0 Å². The Morgan fingerprint density at radius 1 is 1.27 bits per heavy atom. The molecule has 2 aromatic carbocycles. The first-order valence-corrected chi connectivity index (χ1v) is 9.52. The molecule has 9 heteroatoms. The molecule has 1 heterocycles. The van der Waals surface area contributed by atoms with Crippen LogP contribution in [0.5, 0.6) is 5.75 Å². The van der Waals surface area contributed by atoms with Crippen molar-refractivity contribution >= 4 is 23.2 Å². The zero-order chi connectivity index (χ0) is 21.8. The van der Waals surface area contributed by atoms with Crippen molar-refractivity contribution in [2.24, 2.45) is 7.05 Å². The molecule has 156 valence electrons. The average Bonchev–Trinajstić information content (AvgIpc) is 3.04. The van der Waals surface area contributed by atoms with E-state index < -0.39 is 4.92 Å². The zero-order valence-corrected chi connectivity index (χ0v) is 17.6. The van der Waals surface area contributed by atoms with Crippen LogP contribution in [0, 0.1) is 17.0 Å². The summed E-state index contributed by atoms with van der Waals surface area (Å²) >= 11 is 6.03. The van der Waals surface area contributed by atoms with E-state index in [4.69, 9.17) is 16.3 Å². The van der Waals surface area contributed by atoms with Gasteiger partial charge in [0.25, 0.3) is 11.6 Å². The minimum atomic E-state index is -0.516. The number of aryl methyl sites for hydroxylation is 1. The molecule has 3 aromatic rings. The SMILES string of the molecule is Cc1c(CN(C)C(=O)c2ccc(COc3ccc([N+](=O)[O-])cc3Cl)cc2)cnn1C. The van der Waals surface area contributed by atoms with Crippen LogP contribution in [0.15, 0.2) is 48.7 Å². The Hall–Kier alpha value is -3.39. The number of nitro benzene ring substituents is 1. The van der Waals surface area contributed by atoms with Crippen LogP contribution in [0.2, 0.25) is 5.02 Å². The van der Waals surface area contributed by atoms with Gasteiger partial charge in [0.2, 0.25) is 0 Å². The molecule has 0 aliphatic heterocycles. The molecule has 0 radical (unpaired) electrons. The molecule has 0 saturated carbocycles. The first-order chi connectivity index (χ1) is 14.3. The Kier molecular flexibility index (Phi) is 6.37. The van der Waals surface area contributed by atoms with E-state index in [1.54, 1.807) is 47.1 Å². The molecule has 0 bridgehead atoms. The summed E-state index contributed by atoms with van der Waals surface area (Å²) in [4.78, 5) is 24.6. The van der Waals surface area contributed by atoms with E-state index in [9.17, 15) is 14.9 Å². The standard InChI is InChI=1S/C21H21ClN4O4/c1-14-17(11-23-25(14)3)12-24(2)21(27)16-6-4-15(5-7-16)13-30-20-9-8-18(26(28)29)10-19(20)22/h4-11H,12-13H2,1-3H3. The van der Waals surface area contributed by atoms with Crippen molar-refractivity contribution < 1.29 is 14.5 Å². The molecule has 0 saturated heterocycles. The molecule has 30 heavy (non-hydrogen) atoms. The third-order valence-corrected chi connectivity index (χ3v) is 5.11. The van der Waals surface area contributed by atoms with E-state index in [0.29, 0.717) is 17.9 Å². The average molecular weight is 429 g/mol. The zero-order valence-electron chi connectivity index (χ0n) is 16.8. The number of halogens is 1. The van der Waals surface area contributed by atoms with Crippen molar-refractivity contribution in [1.82, 2.24) is 14.7 Å². The molecule has 3 rings (SSSR count). The number of nitro groups is 1. The summed E-state index contributed by atoms with van der Waals surface area (Å²) in [6, 6.07) is 11.1. The topological polar surface area (TPSA) is 90.5 Å². The highest BCUT2D eigenvalue weighted by atomic mass is 35.5. The number of carbonyl (C=O) groups excluding carboxylic acids is 1. The second kappa shape index (κ2) is 8.96. The molecule has 0 atom stereocenters. The summed E-state index contributed by atoms with van der Waals surface area (Å²) in [5, 5.41) is 15.1.